The number of hydrogen-bond donors (Lipinski definition) is 2. The Morgan fingerprint density at radius 3 is 3.12 bits per heavy atom. The van der Waals surface area contributed by atoms with Gasteiger partial charge in [0.1, 0.15) is 0 Å². The molecule has 0 saturated carbocycles. The van der Waals surface area contributed by atoms with E-state index in [4.69, 9.17) is 5.73 Å². The van der Waals surface area contributed by atoms with Crippen LogP contribution < -0.4 is 11.1 Å². The minimum absolute atomic E-state index is 0.0994. The fraction of sp³-hybridized carbons (Fsp3) is 0.417. The second-order valence-electron chi connectivity index (χ2n) is 3.29. The van der Waals surface area contributed by atoms with Gasteiger partial charge in [0, 0.05) is 17.1 Å². The fourth-order valence-electron chi connectivity index (χ4n) is 1.15. The molecule has 5 heteroatoms. The lowest BCUT2D eigenvalue weighted by Gasteiger charge is -2.01. The highest BCUT2D eigenvalue weighted by Gasteiger charge is 2.02. The third kappa shape index (κ3) is 5.78. The van der Waals surface area contributed by atoms with Crippen LogP contribution in [0.15, 0.2) is 12.1 Å². The molecule has 1 amide bonds. The van der Waals surface area contributed by atoms with Crippen molar-refractivity contribution < 1.29 is 4.79 Å². The molecule has 1 rings (SSSR count). The van der Waals surface area contributed by atoms with E-state index in [0.717, 1.165) is 15.5 Å². The molecule has 3 N–H and O–H groups in total. The quantitative estimate of drug-likeness (QED) is 0.794. The highest BCUT2D eigenvalue weighted by molar-refractivity contribution is 7.98. The average molecular weight is 268 g/mol. The molecule has 0 spiro atoms. The molecule has 1 aromatic heterocycles. The van der Waals surface area contributed by atoms with Crippen LogP contribution in [-0.2, 0) is 11.3 Å². The van der Waals surface area contributed by atoms with Gasteiger partial charge in [0.15, 0.2) is 0 Å². The number of carbonyl (C=O) groups is 1. The predicted molar refractivity (Wildman–Crippen MR) is 75.1 cm³/mol. The Morgan fingerprint density at radius 2 is 2.41 bits per heavy atom. The zero-order valence-electron chi connectivity index (χ0n) is 9.79. The van der Waals surface area contributed by atoms with E-state index in [1.54, 1.807) is 23.1 Å². The van der Waals surface area contributed by atoms with Crippen LogP contribution in [0.25, 0.3) is 0 Å². The van der Waals surface area contributed by atoms with Crippen molar-refractivity contribution in [1.82, 2.24) is 5.32 Å². The van der Waals surface area contributed by atoms with E-state index in [9.17, 15) is 4.79 Å². The lowest BCUT2D eigenvalue weighted by atomic mass is 10.4. The number of rotatable bonds is 5. The Kier molecular flexibility index (Phi) is 6.78. The number of amides is 1. The lowest BCUT2D eigenvalue weighted by Crippen LogP contribution is -2.22. The van der Waals surface area contributed by atoms with Crippen molar-refractivity contribution >= 4 is 29.0 Å². The molecule has 1 heterocycles. The minimum Gasteiger partial charge on any atom is -0.351 e. The van der Waals surface area contributed by atoms with Crippen LogP contribution in [0.3, 0.4) is 0 Å². The molecular formula is C12H16N2OS2. The normalized spacial score (nSPS) is 9.53. The molecule has 0 saturated heterocycles. The van der Waals surface area contributed by atoms with Gasteiger partial charge in [-0.1, -0.05) is 11.8 Å². The van der Waals surface area contributed by atoms with Gasteiger partial charge in [-0.15, -0.1) is 11.3 Å². The maximum absolute atomic E-state index is 11.4. The van der Waals surface area contributed by atoms with E-state index in [0.29, 0.717) is 19.5 Å². The molecule has 17 heavy (non-hydrogen) atoms. The van der Waals surface area contributed by atoms with Crippen molar-refractivity contribution in [3.05, 3.63) is 21.9 Å². The molecular weight excluding hydrogens is 252 g/mol. The summed E-state index contributed by atoms with van der Waals surface area (Å²) in [5.74, 6) is 6.75. The maximum atomic E-state index is 11.4. The summed E-state index contributed by atoms with van der Waals surface area (Å²) in [7, 11) is 0. The lowest BCUT2D eigenvalue weighted by molar-refractivity contribution is -0.120. The van der Waals surface area contributed by atoms with Crippen molar-refractivity contribution in [2.75, 3.05) is 18.6 Å². The summed E-state index contributed by atoms with van der Waals surface area (Å²) < 4.78 is 0. The summed E-state index contributed by atoms with van der Waals surface area (Å²) in [6.07, 6.45) is 2.57. The van der Waals surface area contributed by atoms with Crippen LogP contribution in [0.4, 0.5) is 0 Å². The summed E-state index contributed by atoms with van der Waals surface area (Å²) in [5.41, 5.74) is 5.30. The van der Waals surface area contributed by atoms with Crippen LogP contribution >= 0.6 is 23.1 Å². The van der Waals surface area contributed by atoms with Gasteiger partial charge in [0.2, 0.25) is 5.91 Å². The number of thioether (sulfide) groups is 1. The topological polar surface area (TPSA) is 55.1 Å². The van der Waals surface area contributed by atoms with Gasteiger partial charge in [-0.05, 0) is 18.4 Å². The van der Waals surface area contributed by atoms with Gasteiger partial charge in [0.25, 0.3) is 0 Å². The van der Waals surface area contributed by atoms with Gasteiger partial charge in [-0.25, -0.2) is 0 Å². The average Bonchev–Trinajstić information content (AvgIpc) is 2.79. The fourth-order valence-corrected chi connectivity index (χ4v) is 2.36. The summed E-state index contributed by atoms with van der Waals surface area (Å²) >= 11 is 3.27. The SMILES string of the molecule is CSCCC(=O)NCc1ccc(C#CCN)s1. The Labute approximate surface area is 110 Å². The molecule has 0 aliphatic carbocycles. The molecule has 0 aromatic carbocycles. The molecule has 0 unspecified atom stereocenters. The van der Waals surface area contributed by atoms with E-state index in [1.807, 2.05) is 18.4 Å². The van der Waals surface area contributed by atoms with E-state index in [-0.39, 0.29) is 5.91 Å². The molecule has 3 nitrogen and oxygen atoms in total. The molecule has 0 aliphatic heterocycles. The van der Waals surface area contributed by atoms with Gasteiger partial charge < -0.3 is 11.1 Å². The second-order valence-corrected chi connectivity index (χ2v) is 5.45. The molecule has 0 fully saturated rings. The van der Waals surface area contributed by atoms with E-state index in [2.05, 4.69) is 17.2 Å². The first-order valence-electron chi connectivity index (χ1n) is 5.29. The van der Waals surface area contributed by atoms with Crippen molar-refractivity contribution in [1.29, 1.82) is 0 Å². The largest absolute Gasteiger partial charge is 0.351 e. The summed E-state index contributed by atoms with van der Waals surface area (Å²) in [4.78, 5) is 13.5. The maximum Gasteiger partial charge on any atom is 0.221 e. The van der Waals surface area contributed by atoms with Gasteiger partial charge in [-0.2, -0.15) is 11.8 Å². The van der Waals surface area contributed by atoms with Crippen molar-refractivity contribution in [3.63, 3.8) is 0 Å². The first-order chi connectivity index (χ1) is 8.26. The standard InChI is InChI=1S/C12H16N2OS2/c1-16-8-6-12(15)14-9-11-5-4-10(17-11)3-2-7-13/h4-5H,6-9,13H2,1H3,(H,14,15). The van der Waals surface area contributed by atoms with E-state index in [1.165, 1.54) is 0 Å². The monoisotopic (exact) mass is 268 g/mol. The molecule has 92 valence electrons. The van der Waals surface area contributed by atoms with Gasteiger partial charge in [-0.3, -0.25) is 4.79 Å². The summed E-state index contributed by atoms with van der Waals surface area (Å²) in [6.45, 7) is 0.959. The number of nitrogens with one attached hydrogen (secondary N) is 1. The van der Waals surface area contributed by atoms with E-state index >= 15 is 0 Å². The third-order valence-electron chi connectivity index (χ3n) is 1.97. The van der Waals surface area contributed by atoms with Crippen LogP contribution in [0.1, 0.15) is 16.2 Å². The number of nitrogens with two attached hydrogens (primary N) is 1. The van der Waals surface area contributed by atoms with Gasteiger partial charge >= 0.3 is 0 Å². The Hall–Kier alpha value is -0.960. The minimum atomic E-state index is 0.0994. The highest BCUT2D eigenvalue weighted by Crippen LogP contribution is 2.14. The third-order valence-corrected chi connectivity index (χ3v) is 3.58. The van der Waals surface area contributed by atoms with E-state index < -0.39 is 0 Å². The van der Waals surface area contributed by atoms with Crippen molar-refractivity contribution in [3.8, 4) is 11.8 Å². The molecule has 0 radical (unpaired) electrons. The van der Waals surface area contributed by atoms with Gasteiger partial charge in [0.05, 0.1) is 18.0 Å². The molecule has 0 aliphatic rings. The number of hydrogen-bond acceptors (Lipinski definition) is 4. The molecule has 0 bridgehead atoms. The van der Waals surface area contributed by atoms with Crippen LogP contribution in [0, 0.1) is 11.8 Å². The zero-order chi connectivity index (χ0) is 12.5. The first-order valence-corrected chi connectivity index (χ1v) is 7.50. The van der Waals surface area contributed by atoms with Crippen molar-refractivity contribution in [2.45, 2.75) is 13.0 Å². The number of thiophene rings is 1. The van der Waals surface area contributed by atoms with Crippen LogP contribution in [0.5, 0.6) is 0 Å². The van der Waals surface area contributed by atoms with Crippen molar-refractivity contribution in [2.24, 2.45) is 5.73 Å². The predicted octanol–water partition coefficient (Wildman–Crippen LogP) is 1.43. The van der Waals surface area contributed by atoms with Crippen LogP contribution in [0.2, 0.25) is 0 Å². The second kappa shape index (κ2) is 8.18. The summed E-state index contributed by atoms with van der Waals surface area (Å²) in [6, 6.07) is 3.94. The summed E-state index contributed by atoms with van der Waals surface area (Å²) in [5, 5.41) is 2.89. The highest BCUT2D eigenvalue weighted by atomic mass is 32.2. The Balaban J connectivity index is 2.36. The smallest absolute Gasteiger partial charge is 0.221 e. The number of carbonyl (C=O) groups excluding carboxylic acids is 1. The van der Waals surface area contributed by atoms with Crippen LogP contribution in [-0.4, -0.2) is 24.5 Å². The first kappa shape index (κ1) is 14.1. The zero-order valence-corrected chi connectivity index (χ0v) is 11.4. The Bertz CT molecular complexity index is 418. The Morgan fingerprint density at radius 1 is 1.59 bits per heavy atom. The molecule has 1 aromatic rings. The molecule has 0 atom stereocenters.